The van der Waals surface area contributed by atoms with Crippen LogP contribution in [-0.2, 0) is 13.0 Å². The highest BCUT2D eigenvalue weighted by Gasteiger charge is 2.34. The number of carbonyl (C=O) groups is 1. The van der Waals surface area contributed by atoms with Gasteiger partial charge in [0, 0.05) is 24.7 Å². The molecule has 1 aliphatic heterocycles. The number of amides is 1. The Labute approximate surface area is 202 Å². The van der Waals surface area contributed by atoms with E-state index in [1.165, 1.54) is 22.3 Å². The molecular weight excluding hydrogens is 424 g/mol. The summed E-state index contributed by atoms with van der Waals surface area (Å²) >= 11 is 0. The van der Waals surface area contributed by atoms with E-state index in [1.807, 2.05) is 31.2 Å². The fourth-order valence-electron chi connectivity index (χ4n) is 4.91. The summed E-state index contributed by atoms with van der Waals surface area (Å²) in [6.07, 6.45) is 0.913. The second kappa shape index (κ2) is 10.3. The van der Waals surface area contributed by atoms with Crippen LogP contribution in [0.25, 0.3) is 0 Å². The normalized spacial score (nSPS) is 16.4. The van der Waals surface area contributed by atoms with Crippen molar-refractivity contribution in [3.63, 3.8) is 0 Å². The number of methoxy groups -OCH3 is 2. The zero-order valence-electron chi connectivity index (χ0n) is 20.7. The van der Waals surface area contributed by atoms with Gasteiger partial charge >= 0.3 is 0 Å². The maximum atomic E-state index is 13.2. The molecular formula is C29H34N2O3. The second-order valence-corrected chi connectivity index (χ2v) is 9.13. The molecule has 3 aromatic rings. The Bertz CT molecular complexity index is 1160. The van der Waals surface area contributed by atoms with Crippen LogP contribution in [0.15, 0.2) is 60.7 Å². The summed E-state index contributed by atoms with van der Waals surface area (Å²) in [5, 5.41) is 3.29. The molecule has 0 spiro atoms. The molecule has 4 rings (SSSR count). The fraction of sp³-hybridized carbons (Fsp3) is 0.345. The molecule has 2 atom stereocenters. The van der Waals surface area contributed by atoms with Gasteiger partial charge in [0.15, 0.2) is 11.5 Å². The molecule has 1 aliphatic rings. The van der Waals surface area contributed by atoms with Gasteiger partial charge in [0.2, 0.25) is 0 Å². The minimum absolute atomic E-state index is 0.00201. The van der Waals surface area contributed by atoms with E-state index in [1.54, 1.807) is 14.2 Å². The predicted octanol–water partition coefficient (Wildman–Crippen LogP) is 5.24. The van der Waals surface area contributed by atoms with Crippen LogP contribution in [0.5, 0.6) is 11.5 Å². The van der Waals surface area contributed by atoms with E-state index in [-0.39, 0.29) is 18.0 Å². The number of hydrogen-bond donors (Lipinski definition) is 1. The first-order valence-corrected chi connectivity index (χ1v) is 11.8. The van der Waals surface area contributed by atoms with E-state index >= 15 is 0 Å². The van der Waals surface area contributed by atoms with Crippen molar-refractivity contribution in [3.05, 3.63) is 94.0 Å². The van der Waals surface area contributed by atoms with Crippen LogP contribution in [0.3, 0.4) is 0 Å². The van der Waals surface area contributed by atoms with Crippen molar-refractivity contribution in [2.75, 3.05) is 20.8 Å². The third-order valence-corrected chi connectivity index (χ3v) is 6.75. The third-order valence-electron chi connectivity index (χ3n) is 6.75. The summed E-state index contributed by atoms with van der Waals surface area (Å²) in [5.74, 6) is 1.40. The van der Waals surface area contributed by atoms with Gasteiger partial charge in [0.1, 0.15) is 0 Å². The summed E-state index contributed by atoms with van der Waals surface area (Å²) in [5.41, 5.74) is 6.60. The molecule has 1 N–H and O–H groups in total. The molecule has 0 fully saturated rings. The Kier molecular flexibility index (Phi) is 7.23. The monoisotopic (exact) mass is 458 g/mol. The average molecular weight is 459 g/mol. The Balaban J connectivity index is 1.69. The molecule has 5 heteroatoms. The molecule has 0 aliphatic carbocycles. The van der Waals surface area contributed by atoms with E-state index in [0.29, 0.717) is 11.3 Å². The first kappa shape index (κ1) is 23.8. The Morgan fingerprint density at radius 1 is 1.03 bits per heavy atom. The first-order chi connectivity index (χ1) is 16.4. The zero-order chi connectivity index (χ0) is 24.2. The molecule has 178 valence electrons. The lowest BCUT2D eigenvalue weighted by atomic mass is 9.87. The van der Waals surface area contributed by atoms with Gasteiger partial charge in [-0.25, -0.2) is 0 Å². The topological polar surface area (TPSA) is 50.8 Å². The number of hydrogen-bond acceptors (Lipinski definition) is 4. The number of fused-ring (bicyclic) bond motifs is 1. The Hall–Kier alpha value is -3.31. The molecule has 5 nitrogen and oxygen atoms in total. The molecule has 0 saturated carbocycles. The van der Waals surface area contributed by atoms with Gasteiger partial charge in [-0.15, -0.1) is 0 Å². The summed E-state index contributed by atoms with van der Waals surface area (Å²) in [6, 6.07) is 20.4. The second-order valence-electron chi connectivity index (χ2n) is 9.13. The van der Waals surface area contributed by atoms with Crippen LogP contribution in [0.1, 0.15) is 51.1 Å². The van der Waals surface area contributed by atoms with Gasteiger partial charge in [-0.05, 0) is 67.6 Å². The van der Waals surface area contributed by atoms with Crippen LogP contribution in [-0.4, -0.2) is 37.6 Å². The summed E-state index contributed by atoms with van der Waals surface area (Å²) in [6.45, 7) is 7.87. The van der Waals surface area contributed by atoms with Gasteiger partial charge in [-0.3, -0.25) is 9.69 Å². The lowest BCUT2D eigenvalue weighted by molar-refractivity contribution is 0.0876. The van der Waals surface area contributed by atoms with Gasteiger partial charge in [-0.1, -0.05) is 48.0 Å². The van der Waals surface area contributed by atoms with Crippen molar-refractivity contribution in [2.45, 2.75) is 45.8 Å². The highest BCUT2D eigenvalue weighted by molar-refractivity contribution is 5.95. The summed E-state index contributed by atoms with van der Waals surface area (Å²) in [4.78, 5) is 15.6. The lowest BCUT2D eigenvalue weighted by Crippen LogP contribution is -2.47. The molecule has 0 unspecified atom stereocenters. The highest BCUT2D eigenvalue weighted by Crippen LogP contribution is 2.40. The third kappa shape index (κ3) is 4.95. The first-order valence-electron chi connectivity index (χ1n) is 11.8. The number of carbonyl (C=O) groups excluding carboxylic acids is 1. The van der Waals surface area contributed by atoms with E-state index in [9.17, 15) is 4.79 Å². The number of nitrogens with one attached hydrogen (secondary N) is 1. The van der Waals surface area contributed by atoms with Gasteiger partial charge in [0.05, 0.1) is 20.3 Å². The molecule has 0 radical (unpaired) electrons. The quantitative estimate of drug-likeness (QED) is 0.526. The van der Waals surface area contributed by atoms with E-state index in [0.717, 1.165) is 30.8 Å². The molecule has 1 heterocycles. The number of rotatable bonds is 7. The molecule has 0 saturated heterocycles. The van der Waals surface area contributed by atoms with E-state index in [4.69, 9.17) is 9.47 Å². The molecule has 3 aromatic carbocycles. The maximum Gasteiger partial charge on any atom is 0.251 e. The van der Waals surface area contributed by atoms with Gasteiger partial charge in [0.25, 0.3) is 5.91 Å². The highest BCUT2D eigenvalue weighted by atomic mass is 16.5. The van der Waals surface area contributed by atoms with Crippen LogP contribution in [0, 0.1) is 13.8 Å². The van der Waals surface area contributed by atoms with Crippen molar-refractivity contribution in [1.82, 2.24) is 10.2 Å². The SMILES string of the molecule is COc1cc2c(cc1OC)[C@H]([C@@H](C)NC(=O)c1ccccc1C)N(Cc1ccc(C)cc1)CC2. The number of aryl methyl sites for hydroxylation is 2. The van der Waals surface area contributed by atoms with E-state index in [2.05, 4.69) is 60.5 Å². The van der Waals surface area contributed by atoms with Crippen molar-refractivity contribution >= 4 is 5.91 Å². The van der Waals surface area contributed by atoms with Gasteiger partial charge in [-0.2, -0.15) is 0 Å². The van der Waals surface area contributed by atoms with E-state index < -0.39 is 0 Å². The molecule has 1 amide bonds. The molecule has 0 aromatic heterocycles. The predicted molar refractivity (Wildman–Crippen MR) is 136 cm³/mol. The standard InChI is InChI=1S/C29H34N2O3/c1-19-10-12-22(13-11-19)18-31-15-14-23-16-26(33-4)27(34-5)17-25(23)28(31)21(3)30-29(32)24-9-7-6-8-20(24)2/h6-13,16-17,21,28H,14-15,18H2,1-5H3,(H,30,32)/t21-,28+/m1/s1. The van der Waals surface area contributed by atoms with Crippen molar-refractivity contribution in [1.29, 1.82) is 0 Å². The van der Waals surface area contributed by atoms with Crippen LogP contribution >= 0.6 is 0 Å². The molecule has 0 bridgehead atoms. The number of nitrogens with zero attached hydrogens (tertiary/aromatic N) is 1. The lowest BCUT2D eigenvalue weighted by Gasteiger charge is -2.41. The summed E-state index contributed by atoms with van der Waals surface area (Å²) < 4.78 is 11.2. The van der Waals surface area contributed by atoms with Crippen LogP contribution in [0.2, 0.25) is 0 Å². The Morgan fingerprint density at radius 3 is 2.38 bits per heavy atom. The average Bonchev–Trinajstić information content (AvgIpc) is 2.84. The summed E-state index contributed by atoms with van der Waals surface area (Å²) in [7, 11) is 3.33. The number of ether oxygens (including phenoxy) is 2. The maximum absolute atomic E-state index is 13.2. The fourth-order valence-corrected chi connectivity index (χ4v) is 4.91. The van der Waals surface area contributed by atoms with Crippen molar-refractivity contribution in [2.24, 2.45) is 0 Å². The Morgan fingerprint density at radius 2 is 1.71 bits per heavy atom. The molecule has 34 heavy (non-hydrogen) atoms. The zero-order valence-corrected chi connectivity index (χ0v) is 20.7. The van der Waals surface area contributed by atoms with Crippen LogP contribution in [0.4, 0.5) is 0 Å². The minimum Gasteiger partial charge on any atom is -0.493 e. The van der Waals surface area contributed by atoms with Crippen molar-refractivity contribution < 1.29 is 14.3 Å². The van der Waals surface area contributed by atoms with Crippen molar-refractivity contribution in [3.8, 4) is 11.5 Å². The van der Waals surface area contributed by atoms with Gasteiger partial charge < -0.3 is 14.8 Å². The smallest absolute Gasteiger partial charge is 0.251 e. The largest absolute Gasteiger partial charge is 0.493 e. The minimum atomic E-state index is -0.116. The van der Waals surface area contributed by atoms with Crippen LogP contribution < -0.4 is 14.8 Å². The number of benzene rings is 3.